The van der Waals surface area contributed by atoms with Crippen molar-refractivity contribution in [3.05, 3.63) is 90.2 Å². The molecule has 0 N–H and O–H groups in total. The summed E-state index contributed by atoms with van der Waals surface area (Å²) in [6.45, 7) is -5.62. The Morgan fingerprint density at radius 3 is 2.00 bits per heavy atom. The van der Waals surface area contributed by atoms with Crippen LogP contribution < -0.4 is 0 Å². The minimum Gasteiger partial charge on any atom is -0.341 e. The zero-order chi connectivity index (χ0) is 36.0. The van der Waals surface area contributed by atoms with Gasteiger partial charge in [0.25, 0.3) is 0 Å². The van der Waals surface area contributed by atoms with E-state index in [1.165, 1.54) is 6.92 Å². The topological polar surface area (TPSA) is 9.86 Å². The molecule has 0 aliphatic rings. The number of rotatable bonds is 2. The minimum absolute atomic E-state index is 0.128. The second kappa shape index (κ2) is 5.99. The highest BCUT2D eigenvalue weighted by atomic mass is 15.0. The highest BCUT2D eigenvalue weighted by molar-refractivity contribution is 6.11. The maximum absolute atomic E-state index is 9.40. The Labute approximate surface area is 196 Å². The Morgan fingerprint density at radius 2 is 1.31 bits per heavy atom. The molecule has 0 bridgehead atoms. The van der Waals surface area contributed by atoms with E-state index in [1.807, 2.05) is 0 Å². The Kier molecular flexibility index (Phi) is 1.29. The van der Waals surface area contributed by atoms with Gasteiger partial charge in [-0.15, -0.1) is 0 Å². The lowest BCUT2D eigenvalue weighted by atomic mass is 10.1. The van der Waals surface area contributed by atoms with Crippen LogP contribution in [0.1, 0.15) is 38.5 Å². The van der Waals surface area contributed by atoms with Crippen molar-refractivity contribution in [2.45, 2.75) is 20.3 Å². The van der Waals surface area contributed by atoms with Gasteiger partial charge in [-0.2, -0.15) is 0 Å². The molecule has 29 heavy (non-hydrogen) atoms. The fourth-order valence-corrected chi connectivity index (χ4v) is 3.55. The van der Waals surface area contributed by atoms with Crippen LogP contribution in [-0.2, 0) is 6.50 Å². The molecule has 140 valence electrons. The van der Waals surface area contributed by atoms with Crippen LogP contribution in [0.2, 0.25) is 0 Å². The van der Waals surface area contributed by atoms with Crippen molar-refractivity contribution in [3.8, 4) is 5.69 Å². The monoisotopic (exact) mass is 393 g/mol. The van der Waals surface area contributed by atoms with Crippen molar-refractivity contribution in [1.82, 2.24) is 9.13 Å². The molecule has 6 rings (SSSR count). The van der Waals surface area contributed by atoms with Crippen molar-refractivity contribution < 1.29 is 26.0 Å². The second-order valence-electron chi connectivity index (χ2n) is 6.40. The standard InChI is InChI=1S/C27H22N2/c1-3-28-26-16-18(2)12-14-22(26)23-15-13-19(17-27(23)28)29-24-10-6-4-8-20(24)21-9-5-7-11-25(21)29/h4-17H,3H2,1-2H3/i1D3,3D2,4D,5D,6D,7D,8D,9D,10D,11D,12D,13D,14D,15D,16D,17D. The van der Waals surface area contributed by atoms with Crippen LogP contribution in [-0.4, -0.2) is 9.13 Å². The first kappa shape index (κ1) is 6.24. The van der Waals surface area contributed by atoms with E-state index in [9.17, 15) is 1.37 Å². The molecule has 0 saturated heterocycles. The van der Waals surface area contributed by atoms with Crippen LogP contribution in [0.3, 0.4) is 0 Å². The number of fused-ring (bicyclic) bond motifs is 6. The van der Waals surface area contributed by atoms with Gasteiger partial charge < -0.3 is 9.13 Å². The van der Waals surface area contributed by atoms with Crippen molar-refractivity contribution in [2.24, 2.45) is 0 Å². The Balaban J connectivity index is 2.04. The molecule has 0 radical (unpaired) electrons. The zero-order valence-electron chi connectivity index (χ0n) is 33.9. The third kappa shape index (κ3) is 2.23. The average molecular weight is 394 g/mol. The van der Waals surface area contributed by atoms with Crippen molar-refractivity contribution in [2.75, 3.05) is 0 Å². The van der Waals surface area contributed by atoms with Crippen molar-refractivity contribution in [3.63, 3.8) is 0 Å². The quantitative estimate of drug-likeness (QED) is 0.294. The van der Waals surface area contributed by atoms with Crippen LogP contribution in [0.15, 0.2) is 84.6 Å². The first-order valence-corrected chi connectivity index (χ1v) is 8.59. The van der Waals surface area contributed by atoms with E-state index in [4.69, 9.17) is 24.7 Å². The molecule has 0 aliphatic heterocycles. The predicted octanol–water partition coefficient (Wildman–Crippen LogP) is 7.22. The number of nitrogens with zero attached hydrogens (tertiary/aromatic N) is 2. The number of hydrogen-bond donors (Lipinski definition) is 0. The lowest BCUT2D eigenvalue weighted by molar-refractivity contribution is 0.826. The summed E-state index contributed by atoms with van der Waals surface area (Å²) in [5, 5.41) is -1.69. The lowest BCUT2D eigenvalue weighted by Crippen LogP contribution is -1.96. The number of hydrogen-bond acceptors (Lipinski definition) is 0. The molecule has 2 heteroatoms. The van der Waals surface area contributed by atoms with E-state index < -0.39 is 136 Å². The third-order valence-electron chi connectivity index (χ3n) is 4.76. The van der Waals surface area contributed by atoms with Crippen LogP contribution in [0, 0.1) is 6.92 Å². The molecule has 0 aliphatic carbocycles. The van der Waals surface area contributed by atoms with E-state index in [1.54, 1.807) is 0 Å². The van der Waals surface area contributed by atoms with Crippen molar-refractivity contribution >= 4 is 43.6 Å². The number of aromatic nitrogens is 2. The molecule has 6 aromatic rings. The van der Waals surface area contributed by atoms with Gasteiger partial charge in [0, 0.05) is 46.1 Å². The molecule has 0 spiro atoms. The van der Waals surface area contributed by atoms with Gasteiger partial charge in [-0.1, -0.05) is 54.4 Å². The maximum Gasteiger partial charge on any atom is 0.0667 e. The van der Waals surface area contributed by atoms with Crippen LogP contribution in [0.4, 0.5) is 0 Å². The summed E-state index contributed by atoms with van der Waals surface area (Å²) in [7, 11) is 0. The Hall–Kier alpha value is -3.52. The number of aryl methyl sites for hydroxylation is 1. The van der Waals surface area contributed by atoms with Gasteiger partial charge in [0.05, 0.1) is 35.7 Å². The molecular formula is C27H22N2. The molecule has 2 heterocycles. The van der Waals surface area contributed by atoms with Crippen molar-refractivity contribution in [1.29, 1.82) is 0 Å². The summed E-state index contributed by atoms with van der Waals surface area (Å²) in [6.07, 6.45) is 0. The van der Waals surface area contributed by atoms with Crippen LogP contribution >= 0.6 is 0 Å². The van der Waals surface area contributed by atoms with Crippen LogP contribution in [0.25, 0.3) is 49.3 Å². The van der Waals surface area contributed by atoms with E-state index in [2.05, 4.69) is 0 Å². The fourth-order valence-electron chi connectivity index (χ4n) is 3.55. The van der Waals surface area contributed by atoms with Gasteiger partial charge in [0.1, 0.15) is 0 Å². The maximum atomic E-state index is 9.40. The molecular weight excluding hydrogens is 352 g/mol. The fraction of sp³-hybridized carbons (Fsp3) is 0.111. The molecule has 2 aromatic heterocycles. The van der Waals surface area contributed by atoms with Gasteiger partial charge in [-0.3, -0.25) is 0 Å². The second-order valence-corrected chi connectivity index (χ2v) is 6.40. The van der Waals surface area contributed by atoms with Gasteiger partial charge in [0.2, 0.25) is 0 Å². The summed E-state index contributed by atoms with van der Waals surface area (Å²) in [5.74, 6) is 0. The summed E-state index contributed by atoms with van der Waals surface area (Å²) in [5.41, 5.74) is -3.04. The first-order valence-electron chi connectivity index (χ1n) is 18.1. The average Bonchev–Trinajstić information content (AvgIpc) is 3.56. The van der Waals surface area contributed by atoms with E-state index in [-0.39, 0.29) is 16.3 Å². The molecule has 0 saturated carbocycles. The highest BCUT2D eigenvalue weighted by Gasteiger charge is 2.14. The van der Waals surface area contributed by atoms with Crippen LogP contribution in [0.5, 0.6) is 0 Å². The minimum atomic E-state index is -3.48. The van der Waals surface area contributed by atoms with E-state index in [0.29, 0.717) is 4.57 Å². The summed E-state index contributed by atoms with van der Waals surface area (Å²) in [4.78, 5) is 0. The summed E-state index contributed by atoms with van der Waals surface area (Å²) < 4.78 is 164. The normalized spacial score (nSPS) is 22.2. The predicted molar refractivity (Wildman–Crippen MR) is 124 cm³/mol. The Bertz CT molecular complexity index is 2390. The number of para-hydroxylation sites is 2. The molecule has 0 unspecified atom stereocenters. The highest BCUT2D eigenvalue weighted by Crippen LogP contribution is 2.35. The number of benzene rings is 4. The molecule has 0 amide bonds. The molecule has 4 aromatic carbocycles. The third-order valence-corrected chi connectivity index (χ3v) is 4.76. The summed E-state index contributed by atoms with van der Waals surface area (Å²) in [6, 6.07) is -10.3. The van der Waals surface area contributed by atoms with Gasteiger partial charge in [0.15, 0.2) is 0 Å². The first-order chi connectivity index (χ1) is 22.0. The SMILES string of the molecule is [2H]c1c([2H])c([2H])c2c(c1[2H])c1c([2H])c([2H])c([2H])c([2H])c1n2-c1c([2H])c([2H])c2c3c([2H])c([2H])c(C)c([2H])c3n(C([2H])([2H])C([2H])([2H])[2H])c2c1[2H]. The summed E-state index contributed by atoms with van der Waals surface area (Å²) >= 11 is 0. The van der Waals surface area contributed by atoms with Gasteiger partial charge in [-0.05, 0) is 49.6 Å². The van der Waals surface area contributed by atoms with Gasteiger partial charge >= 0.3 is 0 Å². The van der Waals surface area contributed by atoms with E-state index >= 15 is 0 Å². The zero-order valence-corrected chi connectivity index (χ0v) is 14.9. The Morgan fingerprint density at radius 1 is 0.724 bits per heavy atom. The largest absolute Gasteiger partial charge is 0.341 e. The molecule has 0 atom stereocenters. The smallest absolute Gasteiger partial charge is 0.0667 e. The molecule has 0 fully saturated rings. The van der Waals surface area contributed by atoms with E-state index in [0.717, 1.165) is 4.57 Å². The lowest BCUT2D eigenvalue weighted by Gasteiger charge is -2.10. The van der Waals surface area contributed by atoms with Gasteiger partial charge in [-0.25, -0.2) is 0 Å². The molecule has 2 nitrogen and oxygen atoms in total.